The van der Waals surface area contributed by atoms with E-state index >= 15 is 0 Å². The van der Waals surface area contributed by atoms with Gasteiger partial charge in [0.1, 0.15) is 0 Å². The fourth-order valence-electron chi connectivity index (χ4n) is 1.73. The van der Waals surface area contributed by atoms with E-state index in [4.69, 9.17) is 9.84 Å². The molecule has 2 aromatic rings. The Bertz CT molecular complexity index is 625. The number of carbonyl (C=O) groups is 1. The number of nitrogens with zero attached hydrogens (tertiary/aromatic N) is 1. The summed E-state index contributed by atoms with van der Waals surface area (Å²) in [6.07, 6.45) is 0.617. The average Bonchev–Trinajstić information content (AvgIpc) is 2.77. The molecule has 0 spiro atoms. The number of carboxylic acids is 1. The third kappa shape index (κ3) is 2.92. The Hall–Kier alpha value is -2.34. The van der Waals surface area contributed by atoms with E-state index in [-0.39, 0.29) is 11.1 Å². The zero-order valence-electron chi connectivity index (χ0n) is 10.4. The predicted octanol–water partition coefficient (Wildman–Crippen LogP) is 1.05. The Morgan fingerprint density at radius 1 is 1.37 bits per heavy atom. The van der Waals surface area contributed by atoms with Gasteiger partial charge in [0.2, 0.25) is 0 Å². The van der Waals surface area contributed by atoms with Crippen LogP contribution in [0.4, 0.5) is 0 Å². The van der Waals surface area contributed by atoms with E-state index in [2.05, 4.69) is 5.10 Å². The number of hydrogen-bond donors (Lipinski definition) is 2. The Balaban J connectivity index is 2.28. The summed E-state index contributed by atoms with van der Waals surface area (Å²) in [5.41, 5.74) is 1.37. The van der Waals surface area contributed by atoms with Crippen molar-refractivity contribution in [2.45, 2.75) is 6.42 Å². The second-order valence-electron chi connectivity index (χ2n) is 4.05. The number of H-pyrrole nitrogens is 1. The number of hydrogen-bond acceptors (Lipinski definition) is 3. The topological polar surface area (TPSA) is 84.3 Å². The van der Waals surface area contributed by atoms with E-state index < -0.39 is 5.97 Å². The molecule has 0 saturated carbocycles. The first-order valence-electron chi connectivity index (χ1n) is 5.75. The molecule has 0 bridgehead atoms. The number of ether oxygens (including phenoxy) is 1. The van der Waals surface area contributed by atoms with Crippen molar-refractivity contribution in [2.75, 3.05) is 13.7 Å². The fourth-order valence-corrected chi connectivity index (χ4v) is 1.73. The van der Waals surface area contributed by atoms with Crippen molar-refractivity contribution in [2.24, 2.45) is 0 Å². The van der Waals surface area contributed by atoms with E-state index in [9.17, 15) is 9.59 Å². The van der Waals surface area contributed by atoms with Gasteiger partial charge >= 0.3 is 5.97 Å². The van der Waals surface area contributed by atoms with Crippen LogP contribution in [0.15, 0.2) is 35.1 Å². The summed E-state index contributed by atoms with van der Waals surface area (Å²) in [6, 6.07) is 7.59. The van der Waals surface area contributed by atoms with Gasteiger partial charge in [-0.05, 0) is 24.3 Å². The molecule has 0 aliphatic rings. The van der Waals surface area contributed by atoms with Crippen molar-refractivity contribution in [3.05, 3.63) is 51.9 Å². The first-order chi connectivity index (χ1) is 9.11. The maximum absolute atomic E-state index is 11.8. The van der Waals surface area contributed by atoms with Crippen LogP contribution < -0.4 is 5.56 Å². The molecule has 0 atom stereocenters. The molecular formula is C13H14N2O4. The second kappa shape index (κ2) is 5.53. The molecule has 1 aromatic carbocycles. The van der Waals surface area contributed by atoms with Crippen LogP contribution in [0.25, 0.3) is 5.69 Å². The Labute approximate surface area is 109 Å². The van der Waals surface area contributed by atoms with Crippen molar-refractivity contribution in [3.8, 4) is 5.69 Å². The van der Waals surface area contributed by atoms with Gasteiger partial charge in [-0.15, -0.1) is 0 Å². The highest BCUT2D eigenvalue weighted by atomic mass is 16.5. The Morgan fingerprint density at radius 3 is 2.63 bits per heavy atom. The number of rotatable bonds is 5. The van der Waals surface area contributed by atoms with Gasteiger partial charge in [-0.25, -0.2) is 9.48 Å². The standard InChI is InChI=1S/C13H14N2O4/c1-19-7-6-10-8-12(16)15(14-10)11-4-2-9(3-5-11)13(17)18/h2-5,8,14H,6-7H2,1H3,(H,17,18). The largest absolute Gasteiger partial charge is 0.478 e. The third-order valence-corrected chi connectivity index (χ3v) is 2.72. The molecule has 0 saturated heterocycles. The van der Waals surface area contributed by atoms with Crippen molar-refractivity contribution in [1.82, 2.24) is 9.78 Å². The number of aromatic nitrogens is 2. The lowest BCUT2D eigenvalue weighted by Gasteiger charge is -2.02. The van der Waals surface area contributed by atoms with Crippen molar-refractivity contribution >= 4 is 5.97 Å². The summed E-state index contributed by atoms with van der Waals surface area (Å²) in [4.78, 5) is 22.5. The fraction of sp³-hybridized carbons (Fsp3) is 0.231. The first kappa shape index (κ1) is 13.1. The van der Waals surface area contributed by atoms with Gasteiger partial charge in [0, 0.05) is 25.3 Å². The van der Waals surface area contributed by atoms with Crippen LogP contribution in [0, 0.1) is 0 Å². The smallest absolute Gasteiger partial charge is 0.335 e. The van der Waals surface area contributed by atoms with Crippen molar-refractivity contribution < 1.29 is 14.6 Å². The molecule has 1 aromatic heterocycles. The van der Waals surface area contributed by atoms with Crippen LogP contribution in [0.5, 0.6) is 0 Å². The zero-order chi connectivity index (χ0) is 13.8. The van der Waals surface area contributed by atoms with Gasteiger partial charge in [0.15, 0.2) is 0 Å². The number of methoxy groups -OCH3 is 1. The summed E-state index contributed by atoms with van der Waals surface area (Å²) in [6.45, 7) is 0.526. The lowest BCUT2D eigenvalue weighted by atomic mass is 10.2. The number of benzene rings is 1. The number of aromatic amines is 1. The lowest BCUT2D eigenvalue weighted by molar-refractivity contribution is 0.0697. The first-order valence-corrected chi connectivity index (χ1v) is 5.75. The Morgan fingerprint density at radius 2 is 2.05 bits per heavy atom. The minimum absolute atomic E-state index is 0.183. The SMILES string of the molecule is COCCc1cc(=O)n(-c2ccc(C(=O)O)cc2)[nH]1. The minimum Gasteiger partial charge on any atom is -0.478 e. The van der Waals surface area contributed by atoms with Gasteiger partial charge < -0.3 is 9.84 Å². The average molecular weight is 262 g/mol. The monoisotopic (exact) mass is 262 g/mol. The van der Waals surface area contributed by atoms with E-state index in [1.165, 1.54) is 22.9 Å². The molecule has 0 fully saturated rings. The van der Waals surface area contributed by atoms with Gasteiger partial charge in [-0.3, -0.25) is 9.89 Å². The summed E-state index contributed by atoms with van der Waals surface area (Å²) < 4.78 is 6.32. The highest BCUT2D eigenvalue weighted by molar-refractivity contribution is 5.87. The molecule has 6 nitrogen and oxygen atoms in total. The Kier molecular flexibility index (Phi) is 3.82. The highest BCUT2D eigenvalue weighted by Gasteiger charge is 2.07. The predicted molar refractivity (Wildman–Crippen MR) is 68.9 cm³/mol. The maximum Gasteiger partial charge on any atom is 0.335 e. The zero-order valence-corrected chi connectivity index (χ0v) is 10.4. The van der Waals surface area contributed by atoms with E-state index in [0.29, 0.717) is 18.7 Å². The van der Waals surface area contributed by atoms with Crippen molar-refractivity contribution in [1.29, 1.82) is 0 Å². The molecule has 0 radical (unpaired) electrons. The molecule has 2 rings (SSSR count). The quantitative estimate of drug-likeness (QED) is 0.843. The van der Waals surface area contributed by atoms with E-state index in [0.717, 1.165) is 5.69 Å². The minimum atomic E-state index is -0.994. The van der Waals surface area contributed by atoms with E-state index in [1.807, 2.05) is 0 Å². The third-order valence-electron chi connectivity index (χ3n) is 2.72. The molecule has 1 heterocycles. The molecule has 2 N–H and O–H groups in total. The van der Waals surface area contributed by atoms with E-state index in [1.54, 1.807) is 19.2 Å². The summed E-state index contributed by atoms with van der Waals surface area (Å²) >= 11 is 0. The molecule has 100 valence electrons. The maximum atomic E-state index is 11.8. The van der Waals surface area contributed by atoms with Gasteiger partial charge in [0.25, 0.3) is 5.56 Å². The molecule has 0 unspecified atom stereocenters. The van der Waals surface area contributed by atoms with Crippen molar-refractivity contribution in [3.63, 3.8) is 0 Å². The molecule has 0 aliphatic carbocycles. The highest BCUT2D eigenvalue weighted by Crippen LogP contribution is 2.08. The van der Waals surface area contributed by atoms with Crippen LogP contribution in [0.2, 0.25) is 0 Å². The molecule has 0 aliphatic heterocycles. The normalized spacial score (nSPS) is 10.6. The summed E-state index contributed by atoms with van der Waals surface area (Å²) in [5, 5.41) is 11.8. The second-order valence-corrected chi connectivity index (χ2v) is 4.05. The number of carboxylic acid groups (broad SMARTS) is 1. The van der Waals surface area contributed by atoms with Gasteiger partial charge in [-0.2, -0.15) is 0 Å². The van der Waals surface area contributed by atoms with Gasteiger partial charge in [-0.1, -0.05) is 0 Å². The summed E-state index contributed by atoms with van der Waals surface area (Å²) in [5.74, 6) is -0.994. The lowest BCUT2D eigenvalue weighted by Crippen LogP contribution is -2.13. The number of nitrogens with one attached hydrogen (secondary N) is 1. The molecule has 19 heavy (non-hydrogen) atoms. The van der Waals surface area contributed by atoms with Crippen LogP contribution in [-0.4, -0.2) is 34.6 Å². The number of aromatic carboxylic acids is 1. The van der Waals surface area contributed by atoms with Crippen LogP contribution >= 0.6 is 0 Å². The van der Waals surface area contributed by atoms with Crippen LogP contribution in [0.1, 0.15) is 16.1 Å². The summed E-state index contributed by atoms with van der Waals surface area (Å²) in [7, 11) is 1.60. The molecule has 6 heteroatoms. The van der Waals surface area contributed by atoms with Crippen LogP contribution in [0.3, 0.4) is 0 Å². The van der Waals surface area contributed by atoms with Gasteiger partial charge in [0.05, 0.1) is 17.9 Å². The molecule has 0 amide bonds. The molecular weight excluding hydrogens is 248 g/mol. The van der Waals surface area contributed by atoms with Crippen LogP contribution in [-0.2, 0) is 11.2 Å².